The highest BCUT2D eigenvalue weighted by molar-refractivity contribution is 5.29. The van der Waals surface area contributed by atoms with Gasteiger partial charge in [0, 0.05) is 18.9 Å². The molecule has 0 amide bonds. The van der Waals surface area contributed by atoms with E-state index in [4.69, 9.17) is 4.74 Å². The van der Waals surface area contributed by atoms with Crippen LogP contribution in [-0.2, 0) is 6.54 Å². The molecule has 1 N–H and O–H groups in total. The van der Waals surface area contributed by atoms with Gasteiger partial charge in [0.2, 0.25) is 0 Å². The average Bonchev–Trinajstić information content (AvgIpc) is 2.91. The van der Waals surface area contributed by atoms with E-state index in [1.165, 1.54) is 5.56 Å². The summed E-state index contributed by atoms with van der Waals surface area (Å²) < 4.78 is 7.77. The van der Waals surface area contributed by atoms with Crippen LogP contribution in [0.15, 0.2) is 43.0 Å². The van der Waals surface area contributed by atoms with E-state index in [2.05, 4.69) is 33.9 Å². The molecule has 2 aromatic rings. The van der Waals surface area contributed by atoms with E-state index in [1.807, 2.05) is 44.7 Å². The highest BCUT2D eigenvalue weighted by Crippen LogP contribution is 2.20. The summed E-state index contributed by atoms with van der Waals surface area (Å²) in [5, 5.41) is 3.51. The Labute approximate surface area is 120 Å². The van der Waals surface area contributed by atoms with Crippen molar-refractivity contribution in [1.82, 2.24) is 14.9 Å². The number of rotatable bonds is 7. The zero-order chi connectivity index (χ0) is 14.4. The third-order valence-corrected chi connectivity index (χ3v) is 3.06. The van der Waals surface area contributed by atoms with Crippen LogP contribution in [0, 0.1) is 0 Å². The van der Waals surface area contributed by atoms with Crippen molar-refractivity contribution in [2.24, 2.45) is 0 Å². The summed E-state index contributed by atoms with van der Waals surface area (Å²) in [6, 6.07) is 8.60. The fraction of sp³-hybridized carbons (Fsp3) is 0.438. The molecule has 0 bridgehead atoms. The topological polar surface area (TPSA) is 39.1 Å². The van der Waals surface area contributed by atoms with Crippen molar-refractivity contribution in [3.8, 4) is 5.75 Å². The summed E-state index contributed by atoms with van der Waals surface area (Å²) in [6.07, 6.45) is 5.85. The molecule has 4 heteroatoms. The smallest absolute Gasteiger partial charge is 0.119 e. The molecule has 0 fully saturated rings. The van der Waals surface area contributed by atoms with E-state index >= 15 is 0 Å². The van der Waals surface area contributed by atoms with Crippen LogP contribution >= 0.6 is 0 Å². The largest absolute Gasteiger partial charge is 0.491 e. The molecule has 1 aromatic carbocycles. The van der Waals surface area contributed by atoms with Crippen molar-refractivity contribution in [3.05, 3.63) is 48.5 Å². The molecular formula is C16H23N3O. The average molecular weight is 273 g/mol. The van der Waals surface area contributed by atoms with Gasteiger partial charge in [-0.25, -0.2) is 4.98 Å². The number of nitrogens with one attached hydrogen (secondary N) is 1. The van der Waals surface area contributed by atoms with Crippen LogP contribution in [0.5, 0.6) is 5.75 Å². The van der Waals surface area contributed by atoms with Gasteiger partial charge in [0.05, 0.1) is 18.5 Å². The van der Waals surface area contributed by atoms with E-state index in [-0.39, 0.29) is 12.1 Å². The third-order valence-electron chi connectivity index (χ3n) is 3.06. The molecule has 1 aromatic heterocycles. The van der Waals surface area contributed by atoms with Crippen molar-refractivity contribution in [2.75, 3.05) is 6.54 Å². The summed E-state index contributed by atoms with van der Waals surface area (Å²) in [7, 11) is 0. The Morgan fingerprint density at radius 2 is 2.00 bits per heavy atom. The molecular weight excluding hydrogens is 250 g/mol. The first-order valence-electron chi connectivity index (χ1n) is 7.14. The summed E-state index contributed by atoms with van der Waals surface area (Å²) in [4.78, 5) is 4.09. The van der Waals surface area contributed by atoms with E-state index in [1.54, 1.807) is 0 Å². The molecule has 108 valence electrons. The minimum absolute atomic E-state index is 0.205. The number of nitrogens with zero attached hydrogens (tertiary/aromatic N) is 2. The highest BCUT2D eigenvalue weighted by atomic mass is 16.5. The Balaban J connectivity index is 2.08. The molecule has 20 heavy (non-hydrogen) atoms. The quantitative estimate of drug-likeness (QED) is 0.843. The van der Waals surface area contributed by atoms with Crippen molar-refractivity contribution >= 4 is 0 Å². The van der Waals surface area contributed by atoms with Gasteiger partial charge >= 0.3 is 0 Å². The zero-order valence-corrected chi connectivity index (χ0v) is 12.4. The molecule has 0 aliphatic carbocycles. The van der Waals surface area contributed by atoms with Gasteiger partial charge in [0.25, 0.3) is 0 Å². The molecule has 2 rings (SSSR count). The summed E-state index contributed by atoms with van der Waals surface area (Å²) in [5.41, 5.74) is 1.26. The van der Waals surface area contributed by atoms with Gasteiger partial charge in [0.1, 0.15) is 5.75 Å². The maximum absolute atomic E-state index is 5.68. The van der Waals surface area contributed by atoms with Gasteiger partial charge in [-0.15, -0.1) is 0 Å². The maximum atomic E-state index is 5.68. The van der Waals surface area contributed by atoms with E-state index in [0.29, 0.717) is 0 Å². The lowest BCUT2D eigenvalue weighted by molar-refractivity contribution is 0.242. The molecule has 1 atom stereocenters. The molecule has 0 aliphatic rings. The lowest BCUT2D eigenvalue weighted by atomic mass is 10.1. The molecule has 0 saturated heterocycles. The molecule has 0 aliphatic heterocycles. The van der Waals surface area contributed by atoms with Gasteiger partial charge < -0.3 is 14.6 Å². The normalized spacial score (nSPS) is 12.6. The first-order valence-corrected chi connectivity index (χ1v) is 7.14. The predicted molar refractivity (Wildman–Crippen MR) is 80.9 cm³/mol. The zero-order valence-electron chi connectivity index (χ0n) is 12.4. The van der Waals surface area contributed by atoms with Crippen LogP contribution in [0.2, 0.25) is 0 Å². The lowest BCUT2D eigenvalue weighted by Crippen LogP contribution is -2.25. The molecule has 0 saturated carbocycles. The Bertz CT molecular complexity index is 491. The first-order chi connectivity index (χ1) is 9.69. The Morgan fingerprint density at radius 1 is 1.25 bits per heavy atom. The minimum Gasteiger partial charge on any atom is -0.491 e. The lowest BCUT2D eigenvalue weighted by Gasteiger charge is -2.19. The Morgan fingerprint density at radius 3 is 2.55 bits per heavy atom. The number of imidazole rings is 1. The summed E-state index contributed by atoms with van der Waals surface area (Å²) in [6.45, 7) is 8.00. The van der Waals surface area contributed by atoms with Crippen LogP contribution in [0.25, 0.3) is 0 Å². The second-order valence-electron chi connectivity index (χ2n) is 5.11. The van der Waals surface area contributed by atoms with Gasteiger partial charge in [-0.05, 0) is 38.1 Å². The summed E-state index contributed by atoms with van der Waals surface area (Å²) >= 11 is 0. The molecule has 0 radical (unpaired) electrons. The second kappa shape index (κ2) is 7.10. The van der Waals surface area contributed by atoms with Gasteiger partial charge in [-0.1, -0.05) is 19.1 Å². The van der Waals surface area contributed by atoms with Crippen LogP contribution in [-0.4, -0.2) is 22.2 Å². The minimum atomic E-state index is 0.205. The molecule has 0 spiro atoms. The third kappa shape index (κ3) is 4.10. The van der Waals surface area contributed by atoms with E-state index in [9.17, 15) is 0 Å². The summed E-state index contributed by atoms with van der Waals surface area (Å²) in [5.74, 6) is 0.918. The number of ether oxygens (including phenoxy) is 1. The number of benzene rings is 1. The van der Waals surface area contributed by atoms with Crippen molar-refractivity contribution in [1.29, 1.82) is 0 Å². The Hall–Kier alpha value is -1.81. The highest BCUT2D eigenvalue weighted by Gasteiger charge is 2.11. The van der Waals surface area contributed by atoms with Crippen LogP contribution in [0.3, 0.4) is 0 Å². The van der Waals surface area contributed by atoms with Crippen molar-refractivity contribution in [3.63, 3.8) is 0 Å². The van der Waals surface area contributed by atoms with Crippen LogP contribution in [0.4, 0.5) is 0 Å². The fourth-order valence-electron chi connectivity index (χ4n) is 2.19. The second-order valence-corrected chi connectivity index (χ2v) is 5.11. The first kappa shape index (κ1) is 14.6. The number of hydrogen-bond donors (Lipinski definition) is 1. The van der Waals surface area contributed by atoms with Gasteiger partial charge in [0.15, 0.2) is 0 Å². The van der Waals surface area contributed by atoms with Crippen molar-refractivity contribution in [2.45, 2.75) is 39.5 Å². The number of aromatic nitrogens is 2. The van der Waals surface area contributed by atoms with E-state index in [0.717, 1.165) is 18.8 Å². The standard InChI is InChI=1S/C16H23N3O/c1-4-18-16(11-19-10-9-17-12-19)14-5-7-15(8-6-14)20-13(2)3/h5-10,12-13,16,18H,4,11H2,1-3H3. The maximum Gasteiger partial charge on any atom is 0.119 e. The van der Waals surface area contributed by atoms with Gasteiger partial charge in [-0.3, -0.25) is 0 Å². The predicted octanol–water partition coefficient (Wildman–Crippen LogP) is 3.02. The number of likely N-dealkylation sites (N-methyl/N-ethyl adjacent to an activating group) is 1. The molecule has 1 heterocycles. The van der Waals surface area contributed by atoms with Crippen LogP contribution in [0.1, 0.15) is 32.4 Å². The monoisotopic (exact) mass is 273 g/mol. The number of hydrogen-bond acceptors (Lipinski definition) is 3. The molecule has 1 unspecified atom stereocenters. The molecule has 4 nitrogen and oxygen atoms in total. The fourth-order valence-corrected chi connectivity index (χ4v) is 2.19. The van der Waals surface area contributed by atoms with E-state index < -0.39 is 0 Å². The van der Waals surface area contributed by atoms with Crippen LogP contribution < -0.4 is 10.1 Å². The van der Waals surface area contributed by atoms with Crippen molar-refractivity contribution < 1.29 is 4.74 Å². The SMILES string of the molecule is CCNC(Cn1ccnc1)c1ccc(OC(C)C)cc1. The Kier molecular flexibility index (Phi) is 5.18. The van der Waals surface area contributed by atoms with Gasteiger partial charge in [-0.2, -0.15) is 0 Å².